The van der Waals surface area contributed by atoms with Crippen LogP contribution >= 0.6 is 22.9 Å². The Balaban J connectivity index is 2.09. The Morgan fingerprint density at radius 1 is 1.15 bits per heavy atom. The van der Waals surface area contributed by atoms with Crippen molar-refractivity contribution in [1.29, 1.82) is 0 Å². The maximum absolute atomic E-state index is 5.90. The summed E-state index contributed by atoms with van der Waals surface area (Å²) in [5.41, 5.74) is 2.92. The van der Waals surface area contributed by atoms with Gasteiger partial charge in [0, 0.05) is 27.7 Å². The van der Waals surface area contributed by atoms with E-state index in [0.717, 1.165) is 35.6 Å². The van der Waals surface area contributed by atoms with Crippen LogP contribution in [0.5, 0.6) is 0 Å². The summed E-state index contributed by atoms with van der Waals surface area (Å²) in [5.74, 6) is 1.59. The maximum atomic E-state index is 5.90. The summed E-state index contributed by atoms with van der Waals surface area (Å²) in [5, 5.41) is 0. The lowest BCUT2D eigenvalue weighted by Crippen LogP contribution is -2.06. The molecule has 3 nitrogen and oxygen atoms in total. The average Bonchev–Trinajstić information content (AvgIpc) is 2.96. The topological polar surface area (TPSA) is 30.7 Å². The fraction of sp³-hybridized carbons (Fsp3) is 0.333. The van der Waals surface area contributed by atoms with Crippen molar-refractivity contribution in [3.8, 4) is 0 Å². The van der Waals surface area contributed by atoms with Crippen LogP contribution in [0.3, 0.4) is 0 Å². The van der Waals surface area contributed by atoms with Crippen molar-refractivity contribution in [3.05, 3.63) is 45.5 Å². The Bertz CT molecular complexity index is 745. The number of aromatic nitrogens is 3. The molecule has 0 amide bonds. The van der Waals surface area contributed by atoms with Gasteiger partial charge in [0.1, 0.15) is 11.3 Å². The molecule has 0 N–H and O–H groups in total. The maximum Gasteiger partial charge on any atom is 0.160 e. The van der Waals surface area contributed by atoms with Crippen molar-refractivity contribution < 1.29 is 0 Å². The lowest BCUT2D eigenvalue weighted by Gasteiger charge is -2.06. The third-order valence-corrected chi connectivity index (χ3v) is 4.41. The van der Waals surface area contributed by atoms with Gasteiger partial charge in [-0.25, -0.2) is 9.97 Å². The minimum atomic E-state index is 0.575. The minimum Gasteiger partial charge on any atom is -0.307 e. The first-order valence-electron chi connectivity index (χ1n) is 6.61. The highest BCUT2D eigenvalue weighted by molar-refractivity contribution is 7.11. The normalized spacial score (nSPS) is 11.3. The molecule has 104 valence electrons. The summed E-state index contributed by atoms with van der Waals surface area (Å²) in [4.78, 5) is 12.0. The fourth-order valence-corrected chi connectivity index (χ4v) is 3.36. The third-order valence-electron chi connectivity index (χ3n) is 3.24. The SMILES string of the molecule is Cc1ccc2nc(CCCl)n(Cc3ccc(C)s3)c2n1. The van der Waals surface area contributed by atoms with Gasteiger partial charge < -0.3 is 4.57 Å². The monoisotopic (exact) mass is 305 g/mol. The van der Waals surface area contributed by atoms with E-state index in [2.05, 4.69) is 33.6 Å². The molecule has 0 unspecified atom stereocenters. The summed E-state index contributed by atoms with van der Waals surface area (Å²) < 4.78 is 2.19. The molecule has 0 bridgehead atoms. The lowest BCUT2D eigenvalue weighted by molar-refractivity contribution is 0.755. The van der Waals surface area contributed by atoms with Crippen LogP contribution in [0.2, 0.25) is 0 Å². The molecule has 3 rings (SSSR count). The van der Waals surface area contributed by atoms with Crippen molar-refractivity contribution >= 4 is 34.1 Å². The van der Waals surface area contributed by atoms with Crippen molar-refractivity contribution in [1.82, 2.24) is 14.5 Å². The smallest absolute Gasteiger partial charge is 0.160 e. The zero-order chi connectivity index (χ0) is 14.1. The number of nitrogens with zero attached hydrogens (tertiary/aromatic N) is 3. The number of alkyl halides is 1. The number of aryl methyl sites for hydroxylation is 3. The molecule has 0 aromatic carbocycles. The molecule has 5 heteroatoms. The van der Waals surface area contributed by atoms with Gasteiger partial charge in [-0.3, -0.25) is 0 Å². The Kier molecular flexibility index (Phi) is 3.76. The molecule has 0 aliphatic rings. The van der Waals surface area contributed by atoms with E-state index in [1.54, 1.807) is 0 Å². The molecule has 0 saturated carbocycles. The second kappa shape index (κ2) is 5.54. The van der Waals surface area contributed by atoms with Crippen LogP contribution in [-0.4, -0.2) is 20.4 Å². The van der Waals surface area contributed by atoms with Gasteiger partial charge in [-0.1, -0.05) is 0 Å². The second-order valence-corrected chi connectivity index (χ2v) is 6.61. The van der Waals surface area contributed by atoms with Crippen LogP contribution in [0, 0.1) is 13.8 Å². The Morgan fingerprint density at radius 3 is 2.70 bits per heavy atom. The molecule has 3 heterocycles. The highest BCUT2D eigenvalue weighted by Crippen LogP contribution is 2.21. The molecule has 3 aromatic heterocycles. The van der Waals surface area contributed by atoms with Crippen molar-refractivity contribution in [3.63, 3.8) is 0 Å². The van der Waals surface area contributed by atoms with E-state index in [1.165, 1.54) is 9.75 Å². The number of pyridine rings is 1. The molecule has 20 heavy (non-hydrogen) atoms. The molecule has 0 atom stereocenters. The van der Waals surface area contributed by atoms with Gasteiger partial charge in [0.2, 0.25) is 0 Å². The van der Waals surface area contributed by atoms with E-state index in [1.807, 2.05) is 30.4 Å². The molecule has 0 aliphatic heterocycles. The first-order chi connectivity index (χ1) is 9.67. The molecule has 0 aliphatic carbocycles. The largest absolute Gasteiger partial charge is 0.307 e. The Morgan fingerprint density at radius 2 is 2.00 bits per heavy atom. The predicted molar refractivity (Wildman–Crippen MR) is 84.8 cm³/mol. The van der Waals surface area contributed by atoms with Gasteiger partial charge in [0.25, 0.3) is 0 Å². The highest BCUT2D eigenvalue weighted by atomic mass is 35.5. The number of hydrogen-bond acceptors (Lipinski definition) is 3. The van der Waals surface area contributed by atoms with Gasteiger partial charge in [-0.05, 0) is 38.1 Å². The zero-order valence-electron chi connectivity index (χ0n) is 11.6. The number of hydrogen-bond donors (Lipinski definition) is 0. The number of rotatable bonds is 4. The van der Waals surface area contributed by atoms with Gasteiger partial charge in [-0.15, -0.1) is 22.9 Å². The first-order valence-corrected chi connectivity index (χ1v) is 7.96. The standard InChI is InChI=1S/C15H16ClN3S/c1-10-3-6-13-15(17-10)19(14(18-13)7-8-16)9-12-5-4-11(2)20-12/h3-6H,7-9H2,1-2H3. The predicted octanol–water partition coefficient (Wildman–Crippen LogP) is 3.94. The molecule has 0 spiro atoms. The van der Waals surface area contributed by atoms with Crippen LogP contribution in [0.15, 0.2) is 24.3 Å². The van der Waals surface area contributed by atoms with Crippen LogP contribution < -0.4 is 0 Å². The van der Waals surface area contributed by atoms with Crippen LogP contribution in [-0.2, 0) is 13.0 Å². The molecule has 0 radical (unpaired) electrons. The van der Waals surface area contributed by atoms with E-state index in [9.17, 15) is 0 Å². The summed E-state index contributed by atoms with van der Waals surface area (Å²) in [6, 6.07) is 8.36. The summed E-state index contributed by atoms with van der Waals surface area (Å²) in [6.07, 6.45) is 0.765. The van der Waals surface area contributed by atoms with E-state index in [0.29, 0.717) is 5.88 Å². The van der Waals surface area contributed by atoms with Gasteiger partial charge in [0.05, 0.1) is 6.54 Å². The van der Waals surface area contributed by atoms with E-state index < -0.39 is 0 Å². The molecular weight excluding hydrogens is 290 g/mol. The first kappa shape index (κ1) is 13.6. The fourth-order valence-electron chi connectivity index (χ4n) is 2.31. The Hall–Kier alpha value is -1.39. The zero-order valence-corrected chi connectivity index (χ0v) is 13.1. The van der Waals surface area contributed by atoms with E-state index in [-0.39, 0.29) is 0 Å². The summed E-state index contributed by atoms with van der Waals surface area (Å²) >= 11 is 7.72. The summed E-state index contributed by atoms with van der Waals surface area (Å²) in [6.45, 7) is 4.95. The number of imidazole rings is 1. The van der Waals surface area contributed by atoms with Gasteiger partial charge in [-0.2, -0.15) is 0 Å². The van der Waals surface area contributed by atoms with Crippen LogP contribution in [0.25, 0.3) is 11.2 Å². The average molecular weight is 306 g/mol. The highest BCUT2D eigenvalue weighted by Gasteiger charge is 2.12. The second-order valence-electron chi connectivity index (χ2n) is 4.86. The number of fused-ring (bicyclic) bond motifs is 1. The Labute approximate surface area is 127 Å². The number of halogens is 1. The minimum absolute atomic E-state index is 0.575. The number of thiophene rings is 1. The quantitative estimate of drug-likeness (QED) is 0.684. The van der Waals surface area contributed by atoms with Gasteiger partial charge >= 0.3 is 0 Å². The summed E-state index contributed by atoms with van der Waals surface area (Å²) in [7, 11) is 0. The molecule has 3 aromatic rings. The van der Waals surface area contributed by atoms with Gasteiger partial charge in [0.15, 0.2) is 5.65 Å². The van der Waals surface area contributed by atoms with Crippen LogP contribution in [0.1, 0.15) is 21.3 Å². The van der Waals surface area contributed by atoms with Crippen molar-refractivity contribution in [2.75, 3.05) is 5.88 Å². The van der Waals surface area contributed by atoms with Crippen LogP contribution in [0.4, 0.5) is 0 Å². The van der Waals surface area contributed by atoms with Crippen molar-refractivity contribution in [2.45, 2.75) is 26.8 Å². The third kappa shape index (κ3) is 2.58. The van der Waals surface area contributed by atoms with E-state index >= 15 is 0 Å². The lowest BCUT2D eigenvalue weighted by atomic mass is 10.3. The molecule has 0 saturated heterocycles. The molecular formula is C15H16ClN3S. The molecule has 0 fully saturated rings. The van der Waals surface area contributed by atoms with Crippen molar-refractivity contribution in [2.24, 2.45) is 0 Å². The van der Waals surface area contributed by atoms with E-state index in [4.69, 9.17) is 11.6 Å².